The zero-order valence-electron chi connectivity index (χ0n) is 14.3. The third-order valence-electron chi connectivity index (χ3n) is 3.70. The second kappa shape index (κ2) is 7.46. The molecule has 0 spiro atoms. The molecule has 9 nitrogen and oxygen atoms in total. The first-order chi connectivity index (χ1) is 12.8. The largest absolute Gasteiger partial charge is 0.345 e. The number of aromatic nitrogens is 3. The Morgan fingerprint density at radius 1 is 1.07 bits per heavy atom. The zero-order chi connectivity index (χ0) is 19.4. The number of aromatic amines is 2. The smallest absolute Gasteiger partial charge is 0.340 e. The molecule has 4 N–H and O–H groups in total. The van der Waals surface area contributed by atoms with E-state index in [2.05, 4.69) is 25.2 Å². The Bertz CT molecular complexity index is 1100. The van der Waals surface area contributed by atoms with E-state index in [9.17, 15) is 18.0 Å². The van der Waals surface area contributed by atoms with Gasteiger partial charge in [0.25, 0.3) is 15.9 Å². The third kappa shape index (κ3) is 4.61. The van der Waals surface area contributed by atoms with Gasteiger partial charge in [-0.25, -0.2) is 18.3 Å². The summed E-state index contributed by atoms with van der Waals surface area (Å²) in [7, 11) is -3.76. The molecular weight excluding hydrogens is 370 g/mol. The number of nitrogens with zero attached hydrogens (tertiary/aromatic N) is 1. The molecule has 0 saturated heterocycles. The average Bonchev–Trinajstić information content (AvgIpc) is 3.07. The van der Waals surface area contributed by atoms with Gasteiger partial charge in [0.05, 0.1) is 11.4 Å². The molecule has 0 aliphatic carbocycles. The summed E-state index contributed by atoms with van der Waals surface area (Å²) < 4.78 is 27.3. The molecule has 0 fully saturated rings. The van der Waals surface area contributed by atoms with E-state index in [1.165, 1.54) is 24.3 Å². The van der Waals surface area contributed by atoms with Crippen molar-refractivity contribution in [2.24, 2.45) is 0 Å². The zero-order valence-corrected chi connectivity index (χ0v) is 15.1. The number of carbonyl (C=O) groups is 1. The highest BCUT2D eigenvalue weighted by atomic mass is 32.2. The Hall–Kier alpha value is -3.40. The maximum absolute atomic E-state index is 12.4. The van der Waals surface area contributed by atoms with Crippen molar-refractivity contribution in [1.29, 1.82) is 0 Å². The van der Waals surface area contributed by atoms with Gasteiger partial charge in [-0.15, -0.1) is 0 Å². The molecule has 0 radical (unpaired) electrons. The lowest BCUT2D eigenvalue weighted by molar-refractivity contribution is 0.0950. The Kier molecular flexibility index (Phi) is 5.08. The van der Waals surface area contributed by atoms with Crippen LogP contribution in [0.25, 0.3) is 0 Å². The fourth-order valence-corrected chi connectivity index (χ4v) is 3.33. The monoisotopic (exact) mass is 387 g/mol. The van der Waals surface area contributed by atoms with Gasteiger partial charge in [0.2, 0.25) is 0 Å². The predicted molar refractivity (Wildman–Crippen MR) is 98.8 cm³/mol. The van der Waals surface area contributed by atoms with Crippen LogP contribution < -0.4 is 15.7 Å². The molecule has 0 aliphatic rings. The number of anilines is 1. The van der Waals surface area contributed by atoms with E-state index in [-0.39, 0.29) is 22.8 Å². The van der Waals surface area contributed by atoms with Crippen LogP contribution in [0.3, 0.4) is 0 Å². The molecule has 0 bridgehead atoms. The van der Waals surface area contributed by atoms with Gasteiger partial charge in [-0.1, -0.05) is 17.7 Å². The average molecular weight is 387 g/mol. The number of nitrogens with one attached hydrogen (secondary N) is 4. The van der Waals surface area contributed by atoms with Crippen LogP contribution in [-0.4, -0.2) is 29.5 Å². The maximum atomic E-state index is 12.4. The van der Waals surface area contributed by atoms with Gasteiger partial charge in [-0.2, -0.15) is 5.10 Å². The van der Waals surface area contributed by atoms with E-state index in [1.807, 2.05) is 6.92 Å². The van der Waals surface area contributed by atoms with E-state index < -0.39 is 21.6 Å². The number of benzene rings is 2. The number of hydrogen-bond donors (Lipinski definition) is 4. The molecule has 0 atom stereocenters. The first-order valence-electron chi connectivity index (χ1n) is 7.95. The van der Waals surface area contributed by atoms with Crippen molar-refractivity contribution in [3.8, 4) is 0 Å². The minimum atomic E-state index is -3.76. The second-order valence-corrected chi connectivity index (χ2v) is 7.49. The summed E-state index contributed by atoms with van der Waals surface area (Å²) in [5, 5.41) is 8.45. The SMILES string of the molecule is Cc1ccc(NS(=O)(=O)c2ccc(C(=O)NCc3n[nH]c(=O)[nH]3)cc2)cc1. The molecule has 0 unspecified atom stereocenters. The van der Waals surface area contributed by atoms with Crippen LogP contribution in [-0.2, 0) is 16.6 Å². The molecule has 1 amide bonds. The van der Waals surface area contributed by atoms with Crippen molar-refractivity contribution >= 4 is 21.6 Å². The standard InChI is InChI=1S/C17H17N5O4S/c1-11-2-6-13(7-3-11)22-27(25,26)14-8-4-12(5-9-14)16(23)18-10-15-19-17(24)21-20-15/h2-9,22H,10H2,1H3,(H,18,23)(H2,19,20,21,24). The fourth-order valence-electron chi connectivity index (χ4n) is 2.28. The van der Waals surface area contributed by atoms with Crippen LogP contribution in [0.4, 0.5) is 5.69 Å². The number of hydrogen-bond acceptors (Lipinski definition) is 5. The van der Waals surface area contributed by atoms with Crippen LogP contribution in [0.5, 0.6) is 0 Å². The molecule has 0 aliphatic heterocycles. The molecule has 2 aromatic carbocycles. The van der Waals surface area contributed by atoms with Crippen LogP contribution in [0, 0.1) is 6.92 Å². The van der Waals surface area contributed by atoms with E-state index in [0.29, 0.717) is 5.69 Å². The number of amides is 1. The van der Waals surface area contributed by atoms with Gasteiger partial charge in [0, 0.05) is 11.3 Å². The Morgan fingerprint density at radius 2 is 1.74 bits per heavy atom. The van der Waals surface area contributed by atoms with Crippen molar-refractivity contribution in [2.75, 3.05) is 4.72 Å². The predicted octanol–water partition coefficient (Wildman–Crippen LogP) is 1.14. The number of rotatable bonds is 6. The van der Waals surface area contributed by atoms with Crippen LogP contribution in [0.1, 0.15) is 21.7 Å². The fraction of sp³-hybridized carbons (Fsp3) is 0.118. The van der Waals surface area contributed by atoms with Crippen molar-refractivity contribution in [2.45, 2.75) is 18.4 Å². The quantitative estimate of drug-likeness (QED) is 0.503. The number of sulfonamides is 1. The van der Waals surface area contributed by atoms with Gasteiger partial charge in [-0.3, -0.25) is 14.5 Å². The lowest BCUT2D eigenvalue weighted by atomic mass is 10.2. The summed E-state index contributed by atoms with van der Waals surface area (Å²) in [6.07, 6.45) is 0. The summed E-state index contributed by atoms with van der Waals surface area (Å²) in [5.74, 6) is -0.135. The highest BCUT2D eigenvalue weighted by Gasteiger charge is 2.15. The number of carbonyl (C=O) groups excluding carboxylic acids is 1. The Balaban J connectivity index is 1.67. The molecular formula is C17H17N5O4S. The topological polar surface area (TPSA) is 137 Å². The number of H-pyrrole nitrogens is 2. The van der Waals surface area contributed by atoms with Gasteiger partial charge < -0.3 is 5.32 Å². The lowest BCUT2D eigenvalue weighted by Gasteiger charge is -2.09. The van der Waals surface area contributed by atoms with Crippen molar-refractivity contribution in [3.05, 3.63) is 76.0 Å². The highest BCUT2D eigenvalue weighted by Crippen LogP contribution is 2.17. The summed E-state index contributed by atoms with van der Waals surface area (Å²) in [6.45, 7) is 1.94. The molecule has 140 valence electrons. The normalized spacial score (nSPS) is 11.1. The number of aryl methyl sites for hydroxylation is 1. The van der Waals surface area contributed by atoms with Crippen LogP contribution in [0.2, 0.25) is 0 Å². The lowest BCUT2D eigenvalue weighted by Crippen LogP contribution is -2.23. The van der Waals surface area contributed by atoms with Crippen molar-refractivity contribution in [1.82, 2.24) is 20.5 Å². The van der Waals surface area contributed by atoms with E-state index in [4.69, 9.17) is 0 Å². The maximum Gasteiger partial charge on any atom is 0.340 e. The van der Waals surface area contributed by atoms with Crippen LogP contribution in [0.15, 0.2) is 58.2 Å². The van der Waals surface area contributed by atoms with Gasteiger partial charge in [-0.05, 0) is 43.3 Å². The van der Waals surface area contributed by atoms with Crippen LogP contribution >= 0.6 is 0 Å². The summed E-state index contributed by atoms with van der Waals surface area (Å²) in [4.78, 5) is 25.5. The van der Waals surface area contributed by atoms with Crippen molar-refractivity contribution < 1.29 is 13.2 Å². The molecule has 0 saturated carbocycles. The van der Waals surface area contributed by atoms with E-state index in [0.717, 1.165) is 5.56 Å². The minimum absolute atomic E-state index is 0.0343. The van der Waals surface area contributed by atoms with Gasteiger partial charge in [0.15, 0.2) is 0 Å². The summed E-state index contributed by atoms with van der Waals surface area (Å²) >= 11 is 0. The highest BCUT2D eigenvalue weighted by molar-refractivity contribution is 7.92. The van der Waals surface area contributed by atoms with E-state index >= 15 is 0 Å². The molecule has 10 heteroatoms. The van der Waals surface area contributed by atoms with Gasteiger partial charge in [0.1, 0.15) is 5.82 Å². The molecule has 27 heavy (non-hydrogen) atoms. The Morgan fingerprint density at radius 3 is 2.33 bits per heavy atom. The van der Waals surface area contributed by atoms with Gasteiger partial charge >= 0.3 is 5.69 Å². The first kappa shape index (κ1) is 18.4. The molecule has 1 heterocycles. The minimum Gasteiger partial charge on any atom is -0.345 e. The summed E-state index contributed by atoms with van der Waals surface area (Å²) in [6, 6.07) is 12.5. The van der Waals surface area contributed by atoms with E-state index in [1.54, 1.807) is 24.3 Å². The second-order valence-electron chi connectivity index (χ2n) is 5.80. The summed E-state index contributed by atoms with van der Waals surface area (Å²) in [5.41, 5.74) is 1.29. The molecule has 3 aromatic rings. The molecule has 1 aromatic heterocycles. The molecule has 3 rings (SSSR count). The first-order valence-corrected chi connectivity index (χ1v) is 9.43. The third-order valence-corrected chi connectivity index (χ3v) is 5.09. The van der Waals surface area contributed by atoms with Crippen molar-refractivity contribution in [3.63, 3.8) is 0 Å². The Labute approximate surface area is 154 Å².